The zero-order valence-electron chi connectivity index (χ0n) is 23.7. The van der Waals surface area contributed by atoms with Gasteiger partial charge < -0.3 is 9.64 Å². The lowest BCUT2D eigenvalue weighted by Crippen LogP contribution is -2.60. The molecule has 1 N–H and O–H groups in total. The van der Waals surface area contributed by atoms with Crippen LogP contribution in [0.1, 0.15) is 48.7 Å². The Morgan fingerprint density at radius 2 is 1.63 bits per heavy atom. The fraction of sp³-hybridized carbons (Fsp3) is 0.414. The maximum Gasteiger partial charge on any atom is 0.264 e. The number of hydrogen-bond donors (Lipinski definition) is 1. The van der Waals surface area contributed by atoms with Crippen molar-refractivity contribution in [3.63, 3.8) is 0 Å². The molecule has 0 aliphatic carbocycles. The van der Waals surface area contributed by atoms with Crippen molar-refractivity contribution in [3.05, 3.63) is 65.2 Å². The molecule has 12 heteroatoms. The second kappa shape index (κ2) is 10.4. The van der Waals surface area contributed by atoms with Gasteiger partial charge in [0, 0.05) is 17.2 Å². The molecule has 41 heavy (non-hydrogen) atoms. The van der Waals surface area contributed by atoms with Gasteiger partial charge in [-0.05, 0) is 55.0 Å². The highest BCUT2D eigenvalue weighted by Crippen LogP contribution is 2.33. The van der Waals surface area contributed by atoms with Crippen LogP contribution in [0.15, 0.2) is 53.4 Å². The molecule has 1 aromatic heterocycles. The molecular weight excluding hydrogens is 564 g/mol. The number of carbonyl (C=O) groups excluding carboxylic acids is 1. The average Bonchev–Trinajstić information content (AvgIpc) is 2.84. The Morgan fingerprint density at radius 3 is 2.27 bits per heavy atom. The fourth-order valence-electron chi connectivity index (χ4n) is 5.47. The molecule has 5 rings (SSSR count). The summed E-state index contributed by atoms with van der Waals surface area (Å²) in [5, 5.41) is 0. The molecule has 1 saturated heterocycles. The van der Waals surface area contributed by atoms with Gasteiger partial charge in [0.2, 0.25) is 11.8 Å². The Bertz CT molecular complexity index is 1700. The van der Waals surface area contributed by atoms with Crippen LogP contribution >= 0.6 is 0 Å². The molecule has 3 aromatic rings. The van der Waals surface area contributed by atoms with Crippen molar-refractivity contribution in [1.82, 2.24) is 14.9 Å². The zero-order chi connectivity index (χ0) is 29.7. The monoisotopic (exact) mass is 598 g/mol. The van der Waals surface area contributed by atoms with Gasteiger partial charge in [0.25, 0.3) is 15.9 Å². The van der Waals surface area contributed by atoms with Crippen LogP contribution in [0.25, 0.3) is 11.3 Å². The minimum Gasteiger partial charge on any atom is -0.475 e. The van der Waals surface area contributed by atoms with E-state index >= 15 is 0 Å². The van der Waals surface area contributed by atoms with Gasteiger partial charge in [-0.1, -0.05) is 45.0 Å². The summed E-state index contributed by atoms with van der Waals surface area (Å²) in [5.41, 5.74) is 3.10. The van der Waals surface area contributed by atoms with E-state index in [1.807, 2.05) is 52.8 Å². The average molecular weight is 599 g/mol. The van der Waals surface area contributed by atoms with Gasteiger partial charge in [0.15, 0.2) is 9.84 Å². The van der Waals surface area contributed by atoms with Crippen molar-refractivity contribution in [2.45, 2.75) is 58.0 Å². The molecule has 0 unspecified atom stereocenters. The summed E-state index contributed by atoms with van der Waals surface area (Å²) in [4.78, 5) is 24.3. The summed E-state index contributed by atoms with van der Waals surface area (Å²) >= 11 is 0. The highest BCUT2D eigenvalue weighted by molar-refractivity contribution is 7.93. The van der Waals surface area contributed by atoms with Crippen LogP contribution in [0.2, 0.25) is 0 Å². The molecule has 1 amide bonds. The molecule has 0 radical (unpaired) electrons. The van der Waals surface area contributed by atoms with E-state index in [0.29, 0.717) is 12.1 Å². The van der Waals surface area contributed by atoms with Crippen LogP contribution in [-0.4, -0.2) is 67.8 Å². The van der Waals surface area contributed by atoms with Crippen LogP contribution in [0.3, 0.4) is 0 Å². The molecule has 0 saturated carbocycles. The summed E-state index contributed by atoms with van der Waals surface area (Å²) in [7, 11) is -7.45. The highest BCUT2D eigenvalue weighted by atomic mass is 32.2. The number of sulfone groups is 1. The molecule has 3 heterocycles. The van der Waals surface area contributed by atoms with Crippen LogP contribution < -0.4 is 9.46 Å². The summed E-state index contributed by atoms with van der Waals surface area (Å²) in [6.07, 6.45) is 0.507. The third-order valence-corrected chi connectivity index (χ3v) is 10.4. The van der Waals surface area contributed by atoms with E-state index < -0.39 is 37.9 Å². The molecule has 0 spiro atoms. The second-order valence-electron chi connectivity index (χ2n) is 12.0. The Balaban J connectivity index is 1.68. The van der Waals surface area contributed by atoms with Crippen LogP contribution in [0.4, 0.5) is 5.95 Å². The third kappa shape index (κ3) is 6.23. The molecule has 4 bridgehead atoms. The maximum atomic E-state index is 14.0. The SMILES string of the molecule is Cc1cccc(C)c1-c1cc2nc(n1)NS(=O)(=O)c1cccc(c1)C(=O)N(C1CS(=O)(=O)C1)[C@H](CC(C)(C)C)CO2. The molecule has 2 aromatic carbocycles. The second-order valence-corrected chi connectivity index (χ2v) is 15.8. The number of anilines is 1. The van der Waals surface area contributed by atoms with Crippen LogP contribution in [0.5, 0.6) is 5.88 Å². The van der Waals surface area contributed by atoms with E-state index in [0.717, 1.165) is 16.7 Å². The lowest BCUT2D eigenvalue weighted by Gasteiger charge is -2.43. The number of benzene rings is 2. The lowest BCUT2D eigenvalue weighted by atomic mass is 9.87. The number of rotatable bonds is 3. The van der Waals surface area contributed by atoms with E-state index in [2.05, 4.69) is 14.7 Å². The molecule has 1 atom stereocenters. The van der Waals surface area contributed by atoms with Crippen LogP contribution in [-0.2, 0) is 19.9 Å². The lowest BCUT2D eigenvalue weighted by molar-refractivity contribution is 0.0434. The van der Waals surface area contributed by atoms with Gasteiger partial charge in [-0.25, -0.2) is 26.5 Å². The first-order chi connectivity index (χ1) is 19.1. The van der Waals surface area contributed by atoms with Gasteiger partial charge in [-0.2, -0.15) is 4.98 Å². The highest BCUT2D eigenvalue weighted by Gasteiger charge is 2.44. The van der Waals surface area contributed by atoms with Gasteiger partial charge in [-0.3, -0.25) is 4.79 Å². The van der Waals surface area contributed by atoms with E-state index in [-0.39, 0.29) is 45.8 Å². The number of hydrogen-bond acceptors (Lipinski definition) is 8. The first-order valence-corrected chi connectivity index (χ1v) is 16.7. The number of nitrogens with zero attached hydrogens (tertiary/aromatic N) is 3. The summed E-state index contributed by atoms with van der Waals surface area (Å²) < 4.78 is 59.9. The first kappa shape index (κ1) is 29.0. The number of fused-ring (bicyclic) bond motifs is 4. The molecule has 1 fully saturated rings. The predicted octanol–water partition coefficient (Wildman–Crippen LogP) is 4.00. The number of aryl methyl sites for hydroxylation is 2. The number of ether oxygens (including phenoxy) is 1. The van der Waals surface area contributed by atoms with Crippen molar-refractivity contribution < 1.29 is 26.4 Å². The van der Waals surface area contributed by atoms with Crippen molar-refractivity contribution >= 4 is 31.7 Å². The van der Waals surface area contributed by atoms with Gasteiger partial charge in [-0.15, -0.1) is 0 Å². The van der Waals surface area contributed by atoms with Crippen LogP contribution in [0, 0.1) is 19.3 Å². The topological polar surface area (TPSA) is 136 Å². The zero-order valence-corrected chi connectivity index (χ0v) is 25.3. The number of aromatic nitrogens is 2. The van der Waals surface area contributed by atoms with E-state index in [1.165, 1.54) is 24.3 Å². The Hall–Kier alpha value is -3.51. The number of carbonyl (C=O) groups is 1. The summed E-state index contributed by atoms with van der Waals surface area (Å²) in [6, 6.07) is 12.1. The van der Waals surface area contributed by atoms with E-state index in [1.54, 1.807) is 11.0 Å². The first-order valence-electron chi connectivity index (χ1n) is 13.4. The van der Waals surface area contributed by atoms with E-state index in [9.17, 15) is 21.6 Å². The quantitative estimate of drug-likeness (QED) is 0.478. The number of amides is 1. The Morgan fingerprint density at radius 1 is 0.976 bits per heavy atom. The summed E-state index contributed by atoms with van der Waals surface area (Å²) in [5.74, 6) is -0.798. The molecular formula is C29H34N4O6S2. The van der Waals surface area contributed by atoms with E-state index in [4.69, 9.17) is 4.74 Å². The number of sulfonamides is 1. The standard InChI is InChI=1S/C29H34N4O6S2/c1-18-8-6-9-19(2)26(18)24-13-25-31-28(30-24)32-41(37,38)23-11-7-10-20(12-23)27(34)33(22-16-40(35,36)17-22)21(15-39-25)14-29(3,4)5/h6-13,21-22H,14-17H2,1-5H3,(H,30,31,32)/t21-/m1/s1. The van der Waals surface area contributed by atoms with Gasteiger partial charge in [0.1, 0.15) is 6.61 Å². The fourth-order valence-corrected chi connectivity index (χ4v) is 7.85. The van der Waals surface area contributed by atoms with Crippen molar-refractivity contribution in [2.75, 3.05) is 22.8 Å². The smallest absolute Gasteiger partial charge is 0.264 e. The third-order valence-electron chi connectivity index (χ3n) is 7.24. The minimum absolute atomic E-state index is 0.0225. The summed E-state index contributed by atoms with van der Waals surface area (Å²) in [6.45, 7) is 10.0. The Labute approximate surface area is 241 Å². The Kier molecular flexibility index (Phi) is 7.35. The van der Waals surface area contributed by atoms with Gasteiger partial charge >= 0.3 is 0 Å². The van der Waals surface area contributed by atoms with Crippen molar-refractivity contribution in [1.29, 1.82) is 0 Å². The van der Waals surface area contributed by atoms with Crippen molar-refractivity contribution in [3.8, 4) is 17.1 Å². The largest absolute Gasteiger partial charge is 0.475 e. The molecule has 2 aliphatic heterocycles. The predicted molar refractivity (Wildman–Crippen MR) is 156 cm³/mol. The normalized spacial score (nSPS) is 20.5. The molecule has 2 aliphatic rings. The molecule has 10 nitrogen and oxygen atoms in total. The van der Waals surface area contributed by atoms with Gasteiger partial charge in [0.05, 0.1) is 34.2 Å². The number of nitrogens with one attached hydrogen (secondary N) is 1. The molecule has 218 valence electrons. The van der Waals surface area contributed by atoms with Crippen molar-refractivity contribution in [2.24, 2.45) is 5.41 Å². The minimum atomic E-state index is -4.19. The maximum absolute atomic E-state index is 14.0.